The van der Waals surface area contributed by atoms with Crippen LogP contribution in [0.15, 0.2) is 36.7 Å². The number of nitrogens with zero attached hydrogens (tertiary/aromatic N) is 2. The average Bonchev–Trinajstić information content (AvgIpc) is 2.38. The van der Waals surface area contributed by atoms with E-state index in [1.165, 1.54) is 0 Å². The summed E-state index contributed by atoms with van der Waals surface area (Å²) in [6.45, 7) is 0.638. The summed E-state index contributed by atoms with van der Waals surface area (Å²) in [7, 11) is 1.65. The molecule has 0 radical (unpaired) electrons. The topological polar surface area (TPSA) is 47.0 Å². The lowest BCUT2D eigenvalue weighted by molar-refractivity contribution is 0.414. The van der Waals surface area contributed by atoms with Gasteiger partial charge in [0.2, 0.25) is 5.95 Å². The molecule has 0 bridgehead atoms. The van der Waals surface area contributed by atoms with Crippen molar-refractivity contribution >= 4 is 17.5 Å². The van der Waals surface area contributed by atoms with Gasteiger partial charge >= 0.3 is 0 Å². The first-order chi connectivity index (χ1) is 8.28. The largest absolute Gasteiger partial charge is 0.497 e. The third-order valence-corrected chi connectivity index (χ3v) is 2.40. The van der Waals surface area contributed by atoms with Crippen LogP contribution in [0.25, 0.3) is 0 Å². The van der Waals surface area contributed by atoms with Gasteiger partial charge in [-0.2, -0.15) is 0 Å². The number of rotatable bonds is 4. The van der Waals surface area contributed by atoms with E-state index in [0.29, 0.717) is 17.5 Å². The molecule has 1 N–H and O–H groups in total. The molecular weight excluding hydrogens is 238 g/mol. The molecule has 0 saturated heterocycles. The number of halogens is 1. The van der Waals surface area contributed by atoms with Crippen molar-refractivity contribution in [1.82, 2.24) is 9.97 Å². The number of ether oxygens (including phenoxy) is 1. The van der Waals surface area contributed by atoms with Crippen LogP contribution in [0, 0.1) is 0 Å². The summed E-state index contributed by atoms with van der Waals surface area (Å²) in [5.74, 6) is 1.39. The van der Waals surface area contributed by atoms with Gasteiger partial charge in [-0.25, -0.2) is 9.97 Å². The van der Waals surface area contributed by atoms with Crippen molar-refractivity contribution in [1.29, 1.82) is 0 Å². The van der Waals surface area contributed by atoms with Crippen molar-refractivity contribution in [3.8, 4) is 5.75 Å². The molecule has 0 spiro atoms. The minimum atomic E-state index is 0.525. The van der Waals surface area contributed by atoms with Crippen molar-refractivity contribution in [3.05, 3.63) is 47.2 Å². The van der Waals surface area contributed by atoms with Gasteiger partial charge in [-0.15, -0.1) is 0 Å². The maximum absolute atomic E-state index is 5.70. The number of nitrogens with one attached hydrogen (secondary N) is 1. The highest BCUT2D eigenvalue weighted by Crippen LogP contribution is 2.13. The number of anilines is 1. The van der Waals surface area contributed by atoms with Gasteiger partial charge in [-0.05, 0) is 17.7 Å². The van der Waals surface area contributed by atoms with E-state index < -0.39 is 0 Å². The lowest BCUT2D eigenvalue weighted by Crippen LogP contribution is -2.03. The minimum Gasteiger partial charge on any atom is -0.497 e. The first-order valence-corrected chi connectivity index (χ1v) is 5.50. The first-order valence-electron chi connectivity index (χ1n) is 5.12. The molecule has 17 heavy (non-hydrogen) atoms. The van der Waals surface area contributed by atoms with E-state index in [9.17, 15) is 0 Å². The van der Waals surface area contributed by atoms with Gasteiger partial charge in [-0.3, -0.25) is 0 Å². The maximum Gasteiger partial charge on any atom is 0.222 e. The Morgan fingerprint density at radius 2 is 2.06 bits per heavy atom. The molecule has 0 fully saturated rings. The fourth-order valence-corrected chi connectivity index (χ4v) is 1.46. The molecule has 0 saturated carbocycles. The Morgan fingerprint density at radius 1 is 1.29 bits per heavy atom. The molecule has 1 aromatic heterocycles. The van der Waals surface area contributed by atoms with Gasteiger partial charge in [-0.1, -0.05) is 23.7 Å². The average molecular weight is 250 g/mol. The molecule has 0 aliphatic heterocycles. The monoisotopic (exact) mass is 249 g/mol. The predicted molar refractivity (Wildman–Crippen MR) is 67.4 cm³/mol. The minimum absolute atomic E-state index is 0.525. The number of hydrogen-bond donors (Lipinski definition) is 1. The molecule has 5 heteroatoms. The van der Waals surface area contributed by atoms with Crippen molar-refractivity contribution < 1.29 is 4.74 Å². The Balaban J connectivity index is 1.99. The van der Waals surface area contributed by atoms with Crippen molar-refractivity contribution in [2.75, 3.05) is 12.4 Å². The van der Waals surface area contributed by atoms with Gasteiger partial charge in [0, 0.05) is 6.54 Å². The number of hydrogen-bond acceptors (Lipinski definition) is 4. The van der Waals surface area contributed by atoms with Crippen LogP contribution < -0.4 is 10.1 Å². The summed E-state index contributed by atoms with van der Waals surface area (Å²) >= 11 is 5.70. The van der Waals surface area contributed by atoms with E-state index in [1.807, 2.05) is 24.3 Å². The number of aromatic nitrogens is 2. The number of methoxy groups -OCH3 is 1. The third-order valence-electron chi connectivity index (χ3n) is 2.21. The number of benzene rings is 1. The maximum atomic E-state index is 5.70. The van der Waals surface area contributed by atoms with Crippen LogP contribution in [0.5, 0.6) is 5.75 Å². The standard InChI is InChI=1S/C12H12ClN3O/c1-17-11-4-2-3-9(5-11)6-14-12-15-7-10(13)8-16-12/h2-5,7-8H,6H2,1H3,(H,14,15,16). The quantitative estimate of drug-likeness (QED) is 0.905. The Hall–Kier alpha value is -1.81. The normalized spacial score (nSPS) is 10.0. The Morgan fingerprint density at radius 3 is 2.76 bits per heavy atom. The Bertz CT molecular complexity index is 487. The van der Waals surface area contributed by atoms with Crippen LogP contribution in [0.3, 0.4) is 0 Å². The SMILES string of the molecule is COc1cccc(CNc2ncc(Cl)cn2)c1. The highest BCUT2D eigenvalue weighted by atomic mass is 35.5. The van der Waals surface area contributed by atoms with Crippen LogP contribution >= 0.6 is 11.6 Å². The second kappa shape index (κ2) is 5.50. The molecular formula is C12H12ClN3O. The zero-order chi connectivity index (χ0) is 12.1. The summed E-state index contributed by atoms with van der Waals surface area (Å²) in [6, 6.07) is 7.81. The van der Waals surface area contributed by atoms with Crippen LogP contribution in [0.4, 0.5) is 5.95 Å². The molecule has 1 aromatic carbocycles. The summed E-state index contributed by atoms with van der Waals surface area (Å²) < 4.78 is 5.15. The first kappa shape index (κ1) is 11.7. The lowest BCUT2D eigenvalue weighted by atomic mass is 10.2. The zero-order valence-corrected chi connectivity index (χ0v) is 10.1. The summed E-state index contributed by atoms with van der Waals surface area (Å²) in [6.07, 6.45) is 3.12. The Kier molecular flexibility index (Phi) is 3.77. The van der Waals surface area contributed by atoms with Crippen molar-refractivity contribution in [2.24, 2.45) is 0 Å². The van der Waals surface area contributed by atoms with Crippen molar-refractivity contribution in [3.63, 3.8) is 0 Å². The highest BCUT2D eigenvalue weighted by Gasteiger charge is 1.98. The fraction of sp³-hybridized carbons (Fsp3) is 0.167. The fourth-order valence-electron chi connectivity index (χ4n) is 1.37. The summed E-state index contributed by atoms with van der Waals surface area (Å²) in [4.78, 5) is 8.10. The summed E-state index contributed by atoms with van der Waals surface area (Å²) in [5, 5.41) is 3.63. The molecule has 4 nitrogen and oxygen atoms in total. The predicted octanol–water partition coefficient (Wildman–Crippen LogP) is 2.75. The van der Waals surface area contributed by atoms with E-state index in [0.717, 1.165) is 11.3 Å². The van der Waals surface area contributed by atoms with Crippen LogP contribution in [-0.4, -0.2) is 17.1 Å². The van der Waals surface area contributed by atoms with Gasteiger partial charge in [0.1, 0.15) is 5.75 Å². The van der Waals surface area contributed by atoms with Crippen LogP contribution in [0.2, 0.25) is 5.02 Å². The second-order valence-electron chi connectivity index (χ2n) is 3.43. The van der Waals surface area contributed by atoms with E-state index in [2.05, 4.69) is 15.3 Å². The Labute approximate surface area is 105 Å². The molecule has 1 heterocycles. The molecule has 0 aliphatic rings. The van der Waals surface area contributed by atoms with Crippen LogP contribution in [0.1, 0.15) is 5.56 Å². The van der Waals surface area contributed by atoms with Gasteiger partial charge < -0.3 is 10.1 Å². The van der Waals surface area contributed by atoms with E-state index in [-0.39, 0.29) is 0 Å². The van der Waals surface area contributed by atoms with Crippen LogP contribution in [-0.2, 0) is 6.54 Å². The van der Waals surface area contributed by atoms with E-state index >= 15 is 0 Å². The lowest BCUT2D eigenvalue weighted by Gasteiger charge is -2.06. The second-order valence-corrected chi connectivity index (χ2v) is 3.87. The zero-order valence-electron chi connectivity index (χ0n) is 9.35. The van der Waals surface area contributed by atoms with E-state index in [1.54, 1.807) is 19.5 Å². The van der Waals surface area contributed by atoms with E-state index in [4.69, 9.17) is 16.3 Å². The molecule has 0 aliphatic carbocycles. The molecule has 0 amide bonds. The molecule has 0 unspecified atom stereocenters. The smallest absolute Gasteiger partial charge is 0.222 e. The third kappa shape index (κ3) is 3.32. The highest BCUT2D eigenvalue weighted by molar-refractivity contribution is 6.30. The molecule has 2 aromatic rings. The summed E-state index contributed by atoms with van der Waals surface area (Å²) in [5.41, 5.74) is 1.10. The van der Waals surface area contributed by atoms with Gasteiger partial charge in [0.05, 0.1) is 24.5 Å². The van der Waals surface area contributed by atoms with Gasteiger partial charge in [0.25, 0.3) is 0 Å². The molecule has 88 valence electrons. The molecule has 2 rings (SSSR count). The molecule has 0 atom stereocenters. The van der Waals surface area contributed by atoms with Gasteiger partial charge in [0.15, 0.2) is 0 Å². The van der Waals surface area contributed by atoms with Crippen molar-refractivity contribution in [2.45, 2.75) is 6.54 Å².